The zero-order valence-corrected chi connectivity index (χ0v) is 18.4. The highest BCUT2D eigenvalue weighted by molar-refractivity contribution is 7.98. The molecule has 4 aromatic heterocycles. The first-order valence-electron chi connectivity index (χ1n) is 9.54. The molecule has 0 aliphatic rings. The van der Waals surface area contributed by atoms with E-state index in [-0.39, 0.29) is 5.56 Å². The van der Waals surface area contributed by atoms with Crippen LogP contribution in [0.25, 0.3) is 32.8 Å². The second-order valence-electron chi connectivity index (χ2n) is 6.99. The molecule has 0 bridgehead atoms. The third kappa shape index (κ3) is 3.89. The summed E-state index contributed by atoms with van der Waals surface area (Å²) >= 11 is 2.86. The van der Waals surface area contributed by atoms with E-state index in [1.165, 1.54) is 28.7 Å². The van der Waals surface area contributed by atoms with Gasteiger partial charge < -0.3 is 9.40 Å². The van der Waals surface area contributed by atoms with Crippen molar-refractivity contribution in [1.82, 2.24) is 25.1 Å². The minimum atomic E-state index is -0.136. The van der Waals surface area contributed by atoms with Crippen LogP contribution in [0.15, 0.2) is 63.2 Å². The molecule has 0 unspecified atom stereocenters. The quantitative estimate of drug-likeness (QED) is 0.378. The number of hydrogen-bond acceptors (Lipinski definition) is 8. The SMILES string of the molecule is Cc1ccc(-c2c(C)sc3nc(CSc4nnc(-c5ccncc5)o4)[nH]c(=O)c23)cc1. The highest BCUT2D eigenvalue weighted by Gasteiger charge is 2.17. The number of fused-ring (bicyclic) bond motifs is 1. The maximum atomic E-state index is 12.9. The molecule has 1 aromatic carbocycles. The predicted octanol–water partition coefficient (Wildman–Crippen LogP) is 5.01. The molecule has 0 saturated heterocycles. The van der Waals surface area contributed by atoms with Crippen LogP contribution in [0.2, 0.25) is 0 Å². The molecular formula is C22H17N5O2S2. The number of thioether (sulfide) groups is 1. The Morgan fingerprint density at radius 2 is 1.81 bits per heavy atom. The summed E-state index contributed by atoms with van der Waals surface area (Å²) in [6, 6.07) is 11.8. The standard InChI is InChI=1S/C22H17N5O2S2/c1-12-3-5-14(6-4-12)17-13(2)31-21-18(17)19(28)24-16(25-21)11-30-22-27-26-20(29-22)15-7-9-23-10-8-15/h3-10H,11H2,1-2H3,(H,24,25,28). The number of aryl methyl sites for hydroxylation is 2. The molecule has 0 aliphatic carbocycles. The Balaban J connectivity index is 1.41. The van der Waals surface area contributed by atoms with Crippen molar-refractivity contribution < 1.29 is 4.42 Å². The van der Waals surface area contributed by atoms with Crippen molar-refractivity contribution in [2.75, 3.05) is 0 Å². The van der Waals surface area contributed by atoms with Crippen LogP contribution in [-0.4, -0.2) is 25.1 Å². The van der Waals surface area contributed by atoms with Crippen LogP contribution in [0.4, 0.5) is 0 Å². The lowest BCUT2D eigenvalue weighted by atomic mass is 10.0. The number of aromatic amines is 1. The summed E-state index contributed by atoms with van der Waals surface area (Å²) in [5.41, 5.74) is 3.83. The fourth-order valence-corrected chi connectivity index (χ4v) is 5.01. The van der Waals surface area contributed by atoms with Crippen LogP contribution in [0.1, 0.15) is 16.3 Å². The van der Waals surface area contributed by atoms with Crippen LogP contribution in [0.3, 0.4) is 0 Å². The Labute approximate surface area is 185 Å². The second kappa shape index (κ2) is 8.09. The monoisotopic (exact) mass is 447 g/mol. The molecule has 4 heterocycles. The number of aromatic nitrogens is 5. The van der Waals surface area contributed by atoms with E-state index in [4.69, 9.17) is 4.42 Å². The minimum absolute atomic E-state index is 0.136. The number of nitrogens with zero attached hydrogens (tertiary/aromatic N) is 4. The van der Waals surface area contributed by atoms with E-state index < -0.39 is 0 Å². The topological polar surface area (TPSA) is 97.6 Å². The van der Waals surface area contributed by atoms with Gasteiger partial charge in [0.2, 0.25) is 5.89 Å². The molecule has 0 spiro atoms. The zero-order chi connectivity index (χ0) is 21.4. The van der Waals surface area contributed by atoms with Gasteiger partial charge in [-0.1, -0.05) is 41.6 Å². The molecule has 0 radical (unpaired) electrons. The van der Waals surface area contributed by atoms with E-state index in [2.05, 4.69) is 37.3 Å². The molecule has 154 valence electrons. The number of nitrogens with one attached hydrogen (secondary N) is 1. The van der Waals surface area contributed by atoms with E-state index in [1.54, 1.807) is 24.5 Å². The van der Waals surface area contributed by atoms with Crippen LogP contribution in [0.5, 0.6) is 0 Å². The molecule has 5 aromatic rings. The highest BCUT2D eigenvalue weighted by atomic mass is 32.2. The molecule has 9 heteroatoms. The summed E-state index contributed by atoms with van der Waals surface area (Å²) in [5.74, 6) is 1.42. The number of benzene rings is 1. The van der Waals surface area contributed by atoms with Gasteiger partial charge in [-0.05, 0) is 31.5 Å². The molecule has 5 rings (SSSR count). The average Bonchev–Trinajstić information content (AvgIpc) is 3.38. The van der Waals surface area contributed by atoms with Crippen LogP contribution in [0, 0.1) is 13.8 Å². The van der Waals surface area contributed by atoms with Crippen LogP contribution in [-0.2, 0) is 5.75 Å². The molecule has 0 fully saturated rings. The fourth-order valence-electron chi connectivity index (χ4n) is 3.31. The van der Waals surface area contributed by atoms with Gasteiger partial charge in [0.15, 0.2) is 0 Å². The van der Waals surface area contributed by atoms with Crippen LogP contribution < -0.4 is 5.56 Å². The van der Waals surface area contributed by atoms with Crippen molar-refractivity contribution in [2.24, 2.45) is 0 Å². The third-order valence-corrected chi connectivity index (χ3v) is 6.62. The summed E-state index contributed by atoms with van der Waals surface area (Å²) in [6.45, 7) is 4.07. The highest BCUT2D eigenvalue weighted by Crippen LogP contribution is 2.36. The van der Waals surface area contributed by atoms with Gasteiger partial charge in [-0.2, -0.15) is 0 Å². The lowest BCUT2D eigenvalue weighted by Gasteiger charge is -2.03. The smallest absolute Gasteiger partial charge is 0.277 e. The number of thiophene rings is 1. The first kappa shape index (κ1) is 19.7. The Kier molecular flexibility index (Phi) is 5.13. The fraction of sp³-hybridized carbons (Fsp3) is 0.136. The molecule has 31 heavy (non-hydrogen) atoms. The lowest BCUT2D eigenvalue weighted by Crippen LogP contribution is -2.10. The summed E-state index contributed by atoms with van der Waals surface area (Å²) < 4.78 is 5.70. The van der Waals surface area contributed by atoms with Crippen molar-refractivity contribution >= 4 is 33.3 Å². The van der Waals surface area contributed by atoms with Crippen molar-refractivity contribution in [1.29, 1.82) is 0 Å². The summed E-state index contributed by atoms with van der Waals surface area (Å²) in [5, 5.41) is 9.18. The molecule has 0 aliphatic heterocycles. The zero-order valence-electron chi connectivity index (χ0n) is 16.7. The van der Waals surface area contributed by atoms with Crippen molar-refractivity contribution in [2.45, 2.75) is 24.8 Å². The van der Waals surface area contributed by atoms with Crippen molar-refractivity contribution in [3.05, 3.63) is 75.4 Å². The van der Waals surface area contributed by atoms with E-state index in [0.717, 1.165) is 26.4 Å². The Morgan fingerprint density at radius 1 is 1.03 bits per heavy atom. The molecular weight excluding hydrogens is 430 g/mol. The molecule has 0 saturated carbocycles. The first-order chi connectivity index (χ1) is 15.1. The summed E-state index contributed by atoms with van der Waals surface area (Å²) in [7, 11) is 0. The maximum absolute atomic E-state index is 12.9. The van der Waals surface area contributed by atoms with E-state index >= 15 is 0 Å². The predicted molar refractivity (Wildman–Crippen MR) is 122 cm³/mol. The van der Waals surface area contributed by atoms with E-state index in [0.29, 0.717) is 28.1 Å². The van der Waals surface area contributed by atoms with Gasteiger partial charge in [0.1, 0.15) is 10.7 Å². The maximum Gasteiger partial charge on any atom is 0.277 e. The Morgan fingerprint density at radius 3 is 2.58 bits per heavy atom. The van der Waals surface area contributed by atoms with Gasteiger partial charge in [0.25, 0.3) is 10.8 Å². The van der Waals surface area contributed by atoms with Gasteiger partial charge in [-0.3, -0.25) is 9.78 Å². The minimum Gasteiger partial charge on any atom is -0.411 e. The molecule has 0 atom stereocenters. The van der Waals surface area contributed by atoms with Gasteiger partial charge in [0, 0.05) is 28.4 Å². The van der Waals surface area contributed by atoms with Crippen LogP contribution >= 0.6 is 23.1 Å². The third-order valence-electron chi connectivity index (χ3n) is 4.79. The number of rotatable bonds is 5. The molecule has 1 N–H and O–H groups in total. The summed E-state index contributed by atoms with van der Waals surface area (Å²) in [6.07, 6.45) is 3.34. The van der Waals surface area contributed by atoms with E-state index in [1.807, 2.05) is 26.0 Å². The molecule has 7 nitrogen and oxygen atoms in total. The lowest BCUT2D eigenvalue weighted by molar-refractivity contribution is 0.465. The average molecular weight is 448 g/mol. The number of pyridine rings is 1. The van der Waals surface area contributed by atoms with Crippen molar-refractivity contribution in [3.8, 4) is 22.6 Å². The Hall–Kier alpha value is -3.30. The normalized spacial score (nSPS) is 11.3. The van der Waals surface area contributed by atoms with Gasteiger partial charge in [-0.25, -0.2) is 4.98 Å². The van der Waals surface area contributed by atoms with E-state index in [9.17, 15) is 4.79 Å². The number of H-pyrrole nitrogens is 1. The largest absolute Gasteiger partial charge is 0.411 e. The molecule has 0 amide bonds. The Bertz CT molecular complexity index is 1420. The van der Waals surface area contributed by atoms with Crippen molar-refractivity contribution in [3.63, 3.8) is 0 Å². The second-order valence-corrected chi connectivity index (χ2v) is 9.12. The number of hydrogen-bond donors (Lipinski definition) is 1. The summed E-state index contributed by atoms with van der Waals surface area (Å²) in [4.78, 5) is 26.3. The van der Waals surface area contributed by atoms with Gasteiger partial charge in [0.05, 0.1) is 11.1 Å². The van der Waals surface area contributed by atoms with Gasteiger partial charge in [-0.15, -0.1) is 21.5 Å². The first-order valence-corrected chi connectivity index (χ1v) is 11.3. The van der Waals surface area contributed by atoms with Gasteiger partial charge >= 0.3 is 0 Å².